The number of fused-ring (bicyclic) bond motifs is 1. The number of hydrogen-bond donors (Lipinski definition) is 1. The number of nitrogens with zero attached hydrogens (tertiary/aromatic N) is 1. The van der Waals surface area contributed by atoms with Crippen molar-refractivity contribution in [1.82, 2.24) is 9.88 Å². The lowest BCUT2D eigenvalue weighted by molar-refractivity contribution is 0.112. The van der Waals surface area contributed by atoms with Crippen LogP contribution in [0.3, 0.4) is 0 Å². The van der Waals surface area contributed by atoms with Gasteiger partial charge >= 0.3 is 0 Å². The van der Waals surface area contributed by atoms with Gasteiger partial charge in [0, 0.05) is 17.1 Å². The number of aromatic nitrogens is 1. The summed E-state index contributed by atoms with van der Waals surface area (Å²) in [6.07, 6.45) is 6.49. The second-order valence-electron chi connectivity index (χ2n) is 5.25. The Morgan fingerprint density at radius 1 is 1.32 bits per heavy atom. The van der Waals surface area contributed by atoms with Gasteiger partial charge in [0.1, 0.15) is 0 Å². The molecule has 1 aliphatic rings. The minimum Gasteiger partial charge on any atom is -0.328 e. The minimum absolute atomic E-state index is 0. The molecule has 102 valence electrons. The number of benzene rings is 1. The number of halogens is 1. The number of carbonyl (C=O) groups excluding carboxylic acids is 1. The average Bonchev–Trinajstić information content (AvgIpc) is 2.79. The van der Waals surface area contributed by atoms with Crippen LogP contribution in [0.5, 0.6) is 0 Å². The highest BCUT2D eigenvalue weighted by atomic mass is 35.5. The van der Waals surface area contributed by atoms with Gasteiger partial charge in [-0.05, 0) is 38.8 Å². The van der Waals surface area contributed by atoms with Crippen LogP contribution in [0.2, 0.25) is 0 Å². The van der Waals surface area contributed by atoms with Crippen molar-refractivity contribution < 1.29 is 4.79 Å². The van der Waals surface area contributed by atoms with Crippen molar-refractivity contribution in [2.75, 3.05) is 6.54 Å². The van der Waals surface area contributed by atoms with Crippen molar-refractivity contribution in [3.8, 4) is 0 Å². The highest BCUT2D eigenvalue weighted by Crippen LogP contribution is 2.30. The number of carbonyl (C=O) groups is 1. The van der Waals surface area contributed by atoms with Gasteiger partial charge in [-0.1, -0.05) is 18.2 Å². The van der Waals surface area contributed by atoms with E-state index >= 15 is 0 Å². The molecule has 2 aromatic rings. The van der Waals surface area contributed by atoms with E-state index in [1.807, 2.05) is 24.4 Å². The van der Waals surface area contributed by atoms with E-state index < -0.39 is 0 Å². The van der Waals surface area contributed by atoms with E-state index in [0.717, 1.165) is 35.7 Å². The molecule has 0 aliphatic carbocycles. The second-order valence-corrected chi connectivity index (χ2v) is 5.25. The summed E-state index contributed by atoms with van der Waals surface area (Å²) in [6, 6.07) is 8.11. The lowest BCUT2D eigenvalue weighted by Gasteiger charge is -2.37. The van der Waals surface area contributed by atoms with Crippen LogP contribution < -0.4 is 5.32 Å². The first kappa shape index (κ1) is 14.1. The van der Waals surface area contributed by atoms with E-state index in [-0.39, 0.29) is 18.1 Å². The van der Waals surface area contributed by atoms with Crippen LogP contribution in [0, 0.1) is 0 Å². The van der Waals surface area contributed by atoms with Gasteiger partial charge in [0.2, 0.25) is 0 Å². The van der Waals surface area contributed by atoms with Crippen LogP contribution >= 0.6 is 12.4 Å². The maximum Gasteiger partial charge on any atom is 0.152 e. The average molecular weight is 279 g/mol. The van der Waals surface area contributed by atoms with Crippen molar-refractivity contribution in [3.63, 3.8) is 0 Å². The topological polar surface area (TPSA) is 34.0 Å². The second kappa shape index (κ2) is 5.35. The SMILES string of the molecule is C[C@@]1(n2cc(C=O)c3ccccc32)CCCCN1.Cl. The maximum absolute atomic E-state index is 11.2. The zero-order valence-electron chi connectivity index (χ0n) is 11.1. The van der Waals surface area contributed by atoms with Gasteiger partial charge in [0.15, 0.2) is 6.29 Å². The molecular weight excluding hydrogens is 260 g/mol. The quantitative estimate of drug-likeness (QED) is 0.855. The Morgan fingerprint density at radius 2 is 2.11 bits per heavy atom. The van der Waals surface area contributed by atoms with Crippen molar-refractivity contribution in [3.05, 3.63) is 36.0 Å². The summed E-state index contributed by atoms with van der Waals surface area (Å²) in [5, 5.41) is 4.63. The first-order valence-corrected chi connectivity index (χ1v) is 6.55. The normalized spacial score (nSPS) is 23.0. The van der Waals surface area contributed by atoms with Gasteiger partial charge in [0.25, 0.3) is 0 Å². The molecular formula is C15H19ClN2O. The Labute approximate surface area is 119 Å². The first-order valence-electron chi connectivity index (χ1n) is 6.55. The number of para-hydroxylation sites is 1. The van der Waals surface area contributed by atoms with Crippen LogP contribution in [0.15, 0.2) is 30.5 Å². The van der Waals surface area contributed by atoms with E-state index in [0.29, 0.717) is 0 Å². The molecule has 1 atom stereocenters. The van der Waals surface area contributed by atoms with Crippen molar-refractivity contribution >= 4 is 29.6 Å². The molecule has 0 spiro atoms. The van der Waals surface area contributed by atoms with Gasteiger partial charge in [0.05, 0.1) is 11.2 Å². The van der Waals surface area contributed by atoms with Crippen LogP contribution in [-0.2, 0) is 5.66 Å². The van der Waals surface area contributed by atoms with E-state index in [1.54, 1.807) is 0 Å². The zero-order chi connectivity index (χ0) is 12.6. The van der Waals surface area contributed by atoms with Crippen LogP contribution in [-0.4, -0.2) is 17.4 Å². The minimum atomic E-state index is -0.0703. The Hall–Kier alpha value is -1.32. The summed E-state index contributed by atoms with van der Waals surface area (Å²) in [6.45, 7) is 3.26. The predicted octanol–water partition coefficient (Wildman–Crippen LogP) is 3.32. The lowest BCUT2D eigenvalue weighted by atomic mass is 9.99. The summed E-state index contributed by atoms with van der Waals surface area (Å²) in [4.78, 5) is 11.2. The number of piperidine rings is 1. The van der Waals surface area contributed by atoms with E-state index in [2.05, 4.69) is 22.9 Å². The number of nitrogens with one attached hydrogen (secondary N) is 1. The molecule has 2 heterocycles. The fraction of sp³-hybridized carbons (Fsp3) is 0.400. The Kier molecular flexibility index (Phi) is 3.97. The molecule has 0 radical (unpaired) electrons. The molecule has 1 fully saturated rings. The molecule has 0 bridgehead atoms. The molecule has 3 rings (SSSR count). The van der Waals surface area contributed by atoms with Gasteiger partial charge < -0.3 is 4.57 Å². The first-order chi connectivity index (χ1) is 8.74. The summed E-state index contributed by atoms with van der Waals surface area (Å²) in [7, 11) is 0. The molecule has 0 unspecified atom stereocenters. The fourth-order valence-electron chi connectivity index (χ4n) is 2.95. The molecule has 0 saturated carbocycles. The fourth-order valence-corrected chi connectivity index (χ4v) is 2.95. The number of hydrogen-bond acceptors (Lipinski definition) is 2. The Morgan fingerprint density at radius 3 is 2.79 bits per heavy atom. The van der Waals surface area contributed by atoms with Crippen molar-refractivity contribution in [2.45, 2.75) is 31.8 Å². The monoisotopic (exact) mass is 278 g/mol. The molecule has 1 aliphatic heterocycles. The number of aldehydes is 1. The maximum atomic E-state index is 11.2. The lowest BCUT2D eigenvalue weighted by Crippen LogP contribution is -2.47. The number of rotatable bonds is 2. The van der Waals surface area contributed by atoms with Crippen LogP contribution in [0.4, 0.5) is 0 Å². The third kappa shape index (κ3) is 2.28. The van der Waals surface area contributed by atoms with Crippen LogP contribution in [0.25, 0.3) is 10.9 Å². The van der Waals surface area contributed by atoms with E-state index in [4.69, 9.17) is 0 Å². The summed E-state index contributed by atoms with van der Waals surface area (Å²) in [5.74, 6) is 0. The molecule has 3 nitrogen and oxygen atoms in total. The molecule has 4 heteroatoms. The molecule has 1 aromatic carbocycles. The Bertz CT molecular complexity index is 585. The van der Waals surface area contributed by atoms with E-state index in [1.165, 1.54) is 12.8 Å². The predicted molar refractivity (Wildman–Crippen MR) is 80.1 cm³/mol. The summed E-state index contributed by atoms with van der Waals surface area (Å²) >= 11 is 0. The standard InChI is InChI=1S/C15H18N2O.ClH/c1-15(8-4-5-9-16-15)17-10-12(11-18)13-6-2-3-7-14(13)17;/h2-3,6-7,10-11,16H,4-5,8-9H2,1H3;1H/t15-;/m1./s1. The summed E-state index contributed by atoms with van der Waals surface area (Å²) < 4.78 is 2.23. The third-order valence-corrected chi connectivity index (χ3v) is 4.00. The Balaban J connectivity index is 0.00000133. The highest BCUT2D eigenvalue weighted by Gasteiger charge is 2.29. The molecule has 0 amide bonds. The zero-order valence-corrected chi connectivity index (χ0v) is 11.9. The van der Waals surface area contributed by atoms with E-state index in [9.17, 15) is 4.79 Å². The highest BCUT2D eigenvalue weighted by molar-refractivity contribution is 5.97. The molecule has 1 saturated heterocycles. The smallest absolute Gasteiger partial charge is 0.152 e. The molecule has 1 N–H and O–H groups in total. The third-order valence-electron chi connectivity index (χ3n) is 4.00. The van der Waals surface area contributed by atoms with Gasteiger partial charge in [-0.3, -0.25) is 10.1 Å². The molecule has 1 aromatic heterocycles. The molecule has 19 heavy (non-hydrogen) atoms. The van der Waals surface area contributed by atoms with Gasteiger partial charge in [-0.15, -0.1) is 12.4 Å². The van der Waals surface area contributed by atoms with Gasteiger partial charge in [-0.25, -0.2) is 0 Å². The van der Waals surface area contributed by atoms with Crippen LogP contribution in [0.1, 0.15) is 36.5 Å². The van der Waals surface area contributed by atoms with Gasteiger partial charge in [-0.2, -0.15) is 0 Å². The van der Waals surface area contributed by atoms with Crippen molar-refractivity contribution in [2.24, 2.45) is 0 Å². The largest absolute Gasteiger partial charge is 0.328 e. The summed E-state index contributed by atoms with van der Waals surface area (Å²) in [5.41, 5.74) is 1.84. The van der Waals surface area contributed by atoms with Crippen molar-refractivity contribution in [1.29, 1.82) is 0 Å².